The molecular weight excluding hydrogens is 521 g/mol. The first-order valence-corrected chi connectivity index (χ1v) is 15.0. The lowest BCUT2D eigenvalue weighted by molar-refractivity contribution is -0.107. The Morgan fingerprint density at radius 3 is 2.58 bits per heavy atom. The predicted octanol–water partition coefficient (Wildman–Crippen LogP) is 7.67. The van der Waals surface area contributed by atoms with Crippen LogP contribution in [0.3, 0.4) is 0 Å². The van der Waals surface area contributed by atoms with E-state index in [-0.39, 0.29) is 12.2 Å². The van der Waals surface area contributed by atoms with Crippen LogP contribution in [0.1, 0.15) is 35.1 Å². The SMILES string of the molecule is C=S(=C)(Oc1ccc(CN(C=O)c2cc(CCC3=C(F)CC=CC=N3)ccc2C)c(NC)c1)c1ccc(C)cc1. The number of amides is 1. The molecular formula is C33H36FN3O2S. The third-order valence-electron chi connectivity index (χ3n) is 6.82. The Hall–Kier alpha value is -4.10. The first-order valence-electron chi connectivity index (χ1n) is 13.1. The van der Waals surface area contributed by atoms with Crippen molar-refractivity contribution < 1.29 is 13.4 Å². The lowest BCUT2D eigenvalue weighted by Crippen LogP contribution is -2.22. The number of carbonyl (C=O) groups is 1. The van der Waals surface area contributed by atoms with Gasteiger partial charge in [0.1, 0.15) is 11.6 Å². The molecule has 0 aromatic heterocycles. The van der Waals surface area contributed by atoms with Gasteiger partial charge in [-0.2, -0.15) is 0 Å². The molecule has 0 unspecified atom stereocenters. The molecule has 0 atom stereocenters. The van der Waals surface area contributed by atoms with Crippen molar-refractivity contribution in [2.24, 2.45) is 4.99 Å². The van der Waals surface area contributed by atoms with Gasteiger partial charge in [0.25, 0.3) is 0 Å². The molecule has 1 amide bonds. The van der Waals surface area contributed by atoms with E-state index in [4.69, 9.17) is 4.18 Å². The van der Waals surface area contributed by atoms with Crippen LogP contribution in [0.4, 0.5) is 15.8 Å². The van der Waals surface area contributed by atoms with Gasteiger partial charge in [0.05, 0.1) is 12.2 Å². The van der Waals surface area contributed by atoms with Gasteiger partial charge in [0.15, 0.2) is 0 Å². The summed E-state index contributed by atoms with van der Waals surface area (Å²) in [5.41, 5.74) is 6.22. The fraction of sp³-hybridized carbons (Fsp3) is 0.212. The Bertz CT molecular complexity index is 1570. The fourth-order valence-electron chi connectivity index (χ4n) is 4.50. The quantitative estimate of drug-likeness (QED) is 0.194. The Morgan fingerprint density at radius 1 is 1.07 bits per heavy atom. The summed E-state index contributed by atoms with van der Waals surface area (Å²) in [7, 11) is -0.161. The topological polar surface area (TPSA) is 53.9 Å². The molecule has 1 N–H and O–H groups in total. The monoisotopic (exact) mass is 557 g/mol. The van der Waals surface area contributed by atoms with E-state index in [0.717, 1.165) is 39.4 Å². The second-order valence-electron chi connectivity index (χ2n) is 9.89. The molecule has 0 saturated heterocycles. The third-order valence-corrected chi connectivity index (χ3v) is 8.46. The normalized spacial score (nSPS) is 13.2. The summed E-state index contributed by atoms with van der Waals surface area (Å²) in [5.74, 6) is 8.97. The van der Waals surface area contributed by atoms with Crippen LogP contribution in [0.25, 0.3) is 0 Å². The number of benzene rings is 3. The fourth-order valence-corrected chi connectivity index (χ4v) is 5.70. The highest BCUT2D eigenvalue weighted by Gasteiger charge is 2.15. The zero-order chi connectivity index (χ0) is 28.7. The minimum atomic E-state index is -2.00. The van der Waals surface area contributed by atoms with Crippen molar-refractivity contribution >= 4 is 45.2 Å². The van der Waals surface area contributed by atoms with E-state index < -0.39 is 9.49 Å². The molecule has 0 radical (unpaired) electrons. The van der Waals surface area contributed by atoms with Crippen LogP contribution >= 0.6 is 9.49 Å². The zero-order valence-electron chi connectivity index (χ0n) is 23.3. The van der Waals surface area contributed by atoms with Gasteiger partial charge in [-0.3, -0.25) is 9.79 Å². The van der Waals surface area contributed by atoms with Gasteiger partial charge in [0.2, 0.25) is 6.41 Å². The maximum absolute atomic E-state index is 14.3. The number of aliphatic imine (C=N–C) groups is 1. The molecule has 5 nitrogen and oxygen atoms in total. The minimum Gasteiger partial charge on any atom is -0.438 e. The number of nitrogens with one attached hydrogen (secondary N) is 1. The van der Waals surface area contributed by atoms with Crippen molar-refractivity contribution in [1.29, 1.82) is 0 Å². The summed E-state index contributed by atoms with van der Waals surface area (Å²) in [6.45, 7) is 4.38. The minimum absolute atomic E-state index is 0.200. The first-order chi connectivity index (χ1) is 19.2. The van der Waals surface area contributed by atoms with Crippen molar-refractivity contribution in [3.8, 4) is 5.75 Å². The Kier molecular flexibility index (Phi) is 9.27. The van der Waals surface area contributed by atoms with Crippen LogP contribution in [0.15, 0.2) is 94.2 Å². The van der Waals surface area contributed by atoms with Gasteiger partial charge < -0.3 is 14.4 Å². The lowest BCUT2D eigenvalue weighted by atomic mass is 10.0. The summed E-state index contributed by atoms with van der Waals surface area (Å²) in [6.07, 6.45) is 7.37. The molecule has 0 saturated carbocycles. The van der Waals surface area contributed by atoms with Crippen molar-refractivity contribution in [2.75, 3.05) is 17.3 Å². The van der Waals surface area contributed by atoms with Crippen molar-refractivity contribution in [3.63, 3.8) is 0 Å². The highest BCUT2D eigenvalue weighted by atomic mass is 32.2. The summed E-state index contributed by atoms with van der Waals surface area (Å²) in [4.78, 5) is 19.2. The van der Waals surface area contributed by atoms with E-state index in [1.807, 2.05) is 81.6 Å². The third kappa shape index (κ3) is 7.10. The van der Waals surface area contributed by atoms with Gasteiger partial charge in [0, 0.05) is 42.0 Å². The van der Waals surface area contributed by atoms with Gasteiger partial charge in [-0.1, -0.05) is 42.0 Å². The molecule has 1 heterocycles. The number of nitrogens with zero attached hydrogens (tertiary/aromatic N) is 2. The van der Waals surface area contributed by atoms with E-state index in [1.165, 1.54) is 5.56 Å². The number of aryl methyl sites for hydroxylation is 3. The van der Waals surface area contributed by atoms with Crippen LogP contribution in [-0.2, 0) is 17.8 Å². The van der Waals surface area contributed by atoms with Crippen LogP contribution in [0.2, 0.25) is 0 Å². The predicted molar refractivity (Wildman–Crippen MR) is 170 cm³/mol. The number of rotatable bonds is 11. The number of halogens is 1. The lowest BCUT2D eigenvalue weighted by Gasteiger charge is -2.23. The van der Waals surface area contributed by atoms with Gasteiger partial charge >= 0.3 is 0 Å². The average Bonchev–Trinajstić information content (AvgIpc) is 3.15. The second-order valence-corrected chi connectivity index (χ2v) is 12.2. The van der Waals surface area contributed by atoms with Gasteiger partial charge in [-0.25, -0.2) is 4.39 Å². The molecule has 0 bridgehead atoms. The summed E-state index contributed by atoms with van der Waals surface area (Å²) >= 11 is 0. The van der Waals surface area contributed by atoms with Crippen LogP contribution in [0, 0.1) is 13.8 Å². The van der Waals surface area contributed by atoms with Crippen molar-refractivity contribution in [1.82, 2.24) is 0 Å². The van der Waals surface area contributed by atoms with Gasteiger partial charge in [-0.15, -0.1) is 0 Å². The molecule has 3 aromatic rings. The highest BCUT2D eigenvalue weighted by molar-refractivity contribution is 8.24. The van der Waals surface area contributed by atoms with Crippen LogP contribution < -0.4 is 14.4 Å². The number of allylic oxidation sites excluding steroid dienone is 4. The summed E-state index contributed by atoms with van der Waals surface area (Å²) < 4.78 is 20.6. The molecule has 40 heavy (non-hydrogen) atoms. The second kappa shape index (κ2) is 12.8. The molecule has 4 rings (SSSR count). The van der Waals surface area contributed by atoms with Gasteiger partial charge in [-0.05, 0) is 94.9 Å². The molecule has 0 spiro atoms. The standard InChI is InChI=1S/C33H36FN3O2S/c1-24-9-16-29(17-10-24)40(4,5)39-28-15-14-27(32(21-28)35-3)22-37(23-38)33-20-26(12-11-25(33)2)13-18-31-30(34)8-6-7-19-36-31/h6-7,9-12,14-17,19-21,23,35H,4-5,8,13,18,22H2,1-3H3. The van der Waals surface area contributed by atoms with Crippen molar-refractivity contribution in [3.05, 3.63) is 107 Å². The van der Waals surface area contributed by atoms with E-state index in [9.17, 15) is 9.18 Å². The molecule has 3 aromatic carbocycles. The molecule has 0 fully saturated rings. The maximum Gasteiger partial charge on any atom is 0.214 e. The number of anilines is 2. The maximum atomic E-state index is 14.3. The number of hydrogen-bond donors (Lipinski definition) is 1. The average molecular weight is 558 g/mol. The molecule has 1 aliphatic rings. The molecule has 7 heteroatoms. The summed E-state index contributed by atoms with van der Waals surface area (Å²) in [6, 6.07) is 19.8. The molecule has 1 aliphatic heterocycles. The van der Waals surface area contributed by atoms with E-state index in [1.54, 1.807) is 23.3 Å². The number of carbonyl (C=O) groups excluding carboxylic acids is 1. The Balaban J connectivity index is 1.52. The first kappa shape index (κ1) is 28.9. The smallest absolute Gasteiger partial charge is 0.214 e. The summed E-state index contributed by atoms with van der Waals surface area (Å²) in [5, 5.41) is 3.23. The van der Waals surface area contributed by atoms with E-state index in [2.05, 4.69) is 22.0 Å². The van der Waals surface area contributed by atoms with Crippen LogP contribution in [-0.4, -0.2) is 31.4 Å². The van der Waals surface area contributed by atoms with Crippen LogP contribution in [0.5, 0.6) is 5.75 Å². The Labute approximate surface area is 237 Å². The Morgan fingerprint density at radius 2 is 1.85 bits per heavy atom. The van der Waals surface area contributed by atoms with E-state index in [0.29, 0.717) is 30.8 Å². The molecule has 208 valence electrons. The van der Waals surface area contributed by atoms with E-state index >= 15 is 0 Å². The molecule has 0 aliphatic carbocycles. The highest BCUT2D eigenvalue weighted by Crippen LogP contribution is 2.37. The number of hydrogen-bond acceptors (Lipinski definition) is 4. The largest absolute Gasteiger partial charge is 0.438 e. The zero-order valence-corrected chi connectivity index (χ0v) is 24.1. The van der Waals surface area contributed by atoms with Crippen molar-refractivity contribution in [2.45, 2.75) is 44.6 Å².